The van der Waals surface area contributed by atoms with Gasteiger partial charge in [0.15, 0.2) is 0 Å². The zero-order valence-electron chi connectivity index (χ0n) is 19.0. The van der Waals surface area contributed by atoms with Crippen LogP contribution < -0.4 is 9.62 Å². The Kier molecular flexibility index (Phi) is 9.91. The van der Waals surface area contributed by atoms with Gasteiger partial charge in [-0.2, -0.15) is 0 Å². The predicted octanol–water partition coefficient (Wildman–Crippen LogP) is 5.01. The smallest absolute Gasteiger partial charge is 0.244 e. The molecule has 34 heavy (non-hydrogen) atoms. The van der Waals surface area contributed by atoms with Crippen LogP contribution in [0, 0.1) is 0 Å². The first-order valence-electron chi connectivity index (χ1n) is 10.2. The topological polar surface area (TPSA) is 86.8 Å². The Morgan fingerprint density at radius 3 is 2.03 bits per heavy atom. The molecule has 2 rings (SSSR count). The minimum Gasteiger partial charge on any atom is -0.352 e. The summed E-state index contributed by atoms with van der Waals surface area (Å²) in [4.78, 5) is 27.5. The Labute approximate surface area is 220 Å². The molecule has 0 aromatic heterocycles. The Balaban J connectivity index is 2.47. The number of rotatable bonds is 9. The monoisotopic (exact) mass is 567 g/mol. The highest BCUT2D eigenvalue weighted by Crippen LogP contribution is 2.30. The van der Waals surface area contributed by atoms with Crippen LogP contribution in [0.2, 0.25) is 20.1 Å². The van der Waals surface area contributed by atoms with Crippen LogP contribution in [0.4, 0.5) is 5.69 Å². The zero-order valence-corrected chi connectivity index (χ0v) is 22.8. The SMILES string of the molecule is CC(C)NC(=O)[C@H](C)N(Cc1c(Cl)cccc1Cl)C(=O)CN(c1ccc(Cl)c(Cl)c1)S(C)(=O)=O. The van der Waals surface area contributed by atoms with E-state index in [0.29, 0.717) is 15.6 Å². The van der Waals surface area contributed by atoms with Gasteiger partial charge in [0, 0.05) is 28.2 Å². The molecule has 2 amide bonds. The van der Waals surface area contributed by atoms with Crippen LogP contribution in [-0.2, 0) is 26.2 Å². The summed E-state index contributed by atoms with van der Waals surface area (Å²) < 4.78 is 26.0. The van der Waals surface area contributed by atoms with Crippen LogP contribution in [0.3, 0.4) is 0 Å². The molecule has 186 valence electrons. The summed E-state index contributed by atoms with van der Waals surface area (Å²) in [6, 6.07) is 7.99. The average Bonchev–Trinajstić information content (AvgIpc) is 2.72. The molecule has 12 heteroatoms. The van der Waals surface area contributed by atoms with Gasteiger partial charge in [-0.25, -0.2) is 8.42 Å². The second-order valence-corrected chi connectivity index (χ2v) is 11.5. The Bertz CT molecular complexity index is 1150. The highest BCUT2D eigenvalue weighted by molar-refractivity contribution is 7.92. The number of carbonyl (C=O) groups is 2. The van der Waals surface area contributed by atoms with E-state index in [4.69, 9.17) is 46.4 Å². The van der Waals surface area contributed by atoms with E-state index in [9.17, 15) is 18.0 Å². The third kappa shape index (κ3) is 7.39. The van der Waals surface area contributed by atoms with Crippen LogP contribution in [0.15, 0.2) is 36.4 Å². The molecular weight excluding hydrogens is 544 g/mol. The summed E-state index contributed by atoms with van der Waals surface area (Å²) in [5, 5.41) is 3.75. The number of hydrogen-bond donors (Lipinski definition) is 1. The molecular formula is C22H25Cl4N3O4S. The molecule has 2 aromatic rings. The van der Waals surface area contributed by atoms with E-state index in [1.807, 2.05) is 0 Å². The molecule has 0 bridgehead atoms. The molecule has 1 atom stereocenters. The summed E-state index contributed by atoms with van der Waals surface area (Å²) >= 11 is 24.6. The van der Waals surface area contributed by atoms with Crippen molar-refractivity contribution in [2.45, 2.75) is 39.4 Å². The molecule has 0 saturated carbocycles. The molecule has 0 heterocycles. The van der Waals surface area contributed by atoms with Crippen molar-refractivity contribution in [1.29, 1.82) is 0 Å². The molecule has 2 aromatic carbocycles. The molecule has 0 unspecified atom stereocenters. The minimum absolute atomic E-state index is 0.108. The van der Waals surface area contributed by atoms with Crippen molar-refractivity contribution in [1.82, 2.24) is 10.2 Å². The third-order valence-corrected chi connectivity index (χ3v) is 7.45. The van der Waals surface area contributed by atoms with Gasteiger partial charge in [0.05, 0.1) is 22.0 Å². The van der Waals surface area contributed by atoms with E-state index in [1.54, 1.807) is 39.0 Å². The zero-order chi connectivity index (χ0) is 25.8. The van der Waals surface area contributed by atoms with Crippen molar-refractivity contribution in [3.63, 3.8) is 0 Å². The first-order chi connectivity index (χ1) is 15.7. The molecule has 0 spiro atoms. The lowest BCUT2D eigenvalue weighted by Crippen LogP contribution is -2.52. The molecule has 0 aliphatic rings. The van der Waals surface area contributed by atoms with E-state index in [-0.39, 0.29) is 28.3 Å². The number of amides is 2. The first kappa shape index (κ1) is 28.5. The maximum Gasteiger partial charge on any atom is 0.244 e. The Morgan fingerprint density at radius 2 is 1.53 bits per heavy atom. The Hall–Kier alpha value is -1.71. The molecule has 1 N–H and O–H groups in total. The van der Waals surface area contributed by atoms with Crippen LogP contribution in [0.5, 0.6) is 0 Å². The number of sulfonamides is 1. The van der Waals surface area contributed by atoms with Gasteiger partial charge in [-0.3, -0.25) is 13.9 Å². The van der Waals surface area contributed by atoms with Crippen molar-refractivity contribution in [2.24, 2.45) is 0 Å². The standard InChI is InChI=1S/C22H25Cl4N3O4S/c1-13(2)27-22(31)14(3)28(11-16-17(23)6-5-7-18(16)24)21(30)12-29(34(4,32)33)15-8-9-19(25)20(26)10-15/h5-10,13-14H,11-12H2,1-4H3,(H,27,31)/t14-/m0/s1. The lowest BCUT2D eigenvalue weighted by Gasteiger charge is -2.32. The van der Waals surface area contributed by atoms with E-state index >= 15 is 0 Å². The normalized spacial score (nSPS) is 12.4. The quantitative estimate of drug-likeness (QED) is 0.461. The predicted molar refractivity (Wildman–Crippen MR) is 138 cm³/mol. The van der Waals surface area contributed by atoms with Crippen molar-refractivity contribution in [3.05, 3.63) is 62.1 Å². The van der Waals surface area contributed by atoms with Crippen molar-refractivity contribution < 1.29 is 18.0 Å². The minimum atomic E-state index is -3.90. The molecule has 0 radical (unpaired) electrons. The van der Waals surface area contributed by atoms with Gasteiger partial charge >= 0.3 is 0 Å². The molecule has 0 saturated heterocycles. The molecule has 7 nitrogen and oxygen atoms in total. The average molecular weight is 569 g/mol. The molecule has 0 aliphatic carbocycles. The lowest BCUT2D eigenvalue weighted by molar-refractivity contribution is -0.139. The maximum absolute atomic E-state index is 13.5. The summed E-state index contributed by atoms with van der Waals surface area (Å²) in [5.41, 5.74) is 0.587. The first-order valence-corrected chi connectivity index (χ1v) is 13.5. The lowest BCUT2D eigenvalue weighted by atomic mass is 10.1. The van der Waals surface area contributed by atoms with E-state index in [2.05, 4.69) is 5.32 Å². The fourth-order valence-electron chi connectivity index (χ4n) is 3.10. The fourth-order valence-corrected chi connectivity index (χ4v) is 4.75. The summed E-state index contributed by atoms with van der Waals surface area (Å²) in [5.74, 6) is -1.05. The van der Waals surface area contributed by atoms with Crippen molar-refractivity contribution in [2.75, 3.05) is 17.1 Å². The third-order valence-electron chi connectivity index (χ3n) is 4.86. The molecule has 0 aliphatic heterocycles. The van der Waals surface area contributed by atoms with E-state index in [0.717, 1.165) is 10.6 Å². The molecule has 0 fully saturated rings. The van der Waals surface area contributed by atoms with Crippen LogP contribution in [0.1, 0.15) is 26.3 Å². The van der Waals surface area contributed by atoms with Gasteiger partial charge in [0.25, 0.3) is 0 Å². The number of benzene rings is 2. The van der Waals surface area contributed by atoms with Crippen LogP contribution >= 0.6 is 46.4 Å². The second kappa shape index (κ2) is 11.8. The highest BCUT2D eigenvalue weighted by Gasteiger charge is 2.31. The number of nitrogens with one attached hydrogen (secondary N) is 1. The summed E-state index contributed by atoms with van der Waals surface area (Å²) in [6.07, 6.45) is 0.965. The van der Waals surface area contributed by atoms with Gasteiger partial charge in [-0.15, -0.1) is 0 Å². The second-order valence-electron chi connectivity index (χ2n) is 7.93. The number of halogens is 4. The number of carbonyl (C=O) groups excluding carboxylic acids is 2. The fraction of sp³-hybridized carbons (Fsp3) is 0.364. The van der Waals surface area contributed by atoms with Crippen LogP contribution in [-0.4, -0.2) is 50.0 Å². The van der Waals surface area contributed by atoms with Gasteiger partial charge in [0.1, 0.15) is 12.6 Å². The van der Waals surface area contributed by atoms with E-state index < -0.39 is 34.4 Å². The summed E-state index contributed by atoms with van der Waals surface area (Å²) in [6.45, 7) is 4.43. The maximum atomic E-state index is 13.5. The van der Waals surface area contributed by atoms with Crippen molar-refractivity contribution >= 4 is 73.9 Å². The van der Waals surface area contributed by atoms with Gasteiger partial charge in [0.2, 0.25) is 21.8 Å². The Morgan fingerprint density at radius 1 is 0.941 bits per heavy atom. The van der Waals surface area contributed by atoms with Gasteiger partial charge < -0.3 is 10.2 Å². The van der Waals surface area contributed by atoms with Gasteiger partial charge in [-0.1, -0.05) is 52.5 Å². The summed E-state index contributed by atoms with van der Waals surface area (Å²) in [7, 11) is -3.90. The largest absolute Gasteiger partial charge is 0.352 e. The number of hydrogen-bond acceptors (Lipinski definition) is 4. The highest BCUT2D eigenvalue weighted by atomic mass is 35.5. The van der Waals surface area contributed by atoms with Gasteiger partial charge in [-0.05, 0) is 51.1 Å². The number of nitrogens with zero attached hydrogens (tertiary/aromatic N) is 2. The van der Waals surface area contributed by atoms with Crippen LogP contribution in [0.25, 0.3) is 0 Å². The number of anilines is 1. The van der Waals surface area contributed by atoms with E-state index in [1.165, 1.54) is 23.1 Å². The van der Waals surface area contributed by atoms with Crippen molar-refractivity contribution in [3.8, 4) is 0 Å².